The lowest BCUT2D eigenvalue weighted by molar-refractivity contribution is -0.144. The molecule has 0 aliphatic heterocycles. The first-order valence-corrected chi connectivity index (χ1v) is 10.8. The molecule has 0 radical (unpaired) electrons. The van der Waals surface area contributed by atoms with E-state index in [4.69, 9.17) is 9.47 Å². The number of ether oxygens (including phenoxy) is 2. The summed E-state index contributed by atoms with van der Waals surface area (Å²) in [6, 6.07) is 12.9. The van der Waals surface area contributed by atoms with Crippen LogP contribution in [0.3, 0.4) is 0 Å². The van der Waals surface area contributed by atoms with Crippen LogP contribution < -0.4 is 10.1 Å². The van der Waals surface area contributed by atoms with E-state index >= 15 is 0 Å². The fourth-order valence-electron chi connectivity index (χ4n) is 2.85. The van der Waals surface area contributed by atoms with Gasteiger partial charge in [0.2, 0.25) is 5.91 Å². The largest absolute Gasteiger partial charge is 0.482 e. The molecule has 1 amide bonds. The second-order valence-corrected chi connectivity index (χ2v) is 7.26. The number of anilines is 1. The Morgan fingerprint density at radius 2 is 1.41 bits per heavy atom. The summed E-state index contributed by atoms with van der Waals surface area (Å²) in [6.45, 7) is 3.10. The number of carbonyl (C=O) groups is 4. The van der Waals surface area contributed by atoms with Gasteiger partial charge in [-0.2, -0.15) is 0 Å². The van der Waals surface area contributed by atoms with E-state index in [9.17, 15) is 19.2 Å². The first-order valence-electron chi connectivity index (χ1n) is 10.8. The molecule has 0 heterocycles. The Kier molecular flexibility index (Phi) is 10.1. The van der Waals surface area contributed by atoms with E-state index in [2.05, 4.69) is 12.2 Å². The number of hydrogen-bond donors (Lipinski definition) is 1. The highest BCUT2D eigenvalue weighted by molar-refractivity contribution is 5.99. The topological polar surface area (TPSA) is 98.8 Å². The standard InChI is InChI=1S/C25H29NO6/c1-3-5-6-7-24(29)26-20-12-8-19(9-13-20)23(28)16-32-25(30)17-31-21-14-10-18(11-15-21)22(27)4-2/h8-15H,3-7,16-17H2,1-2H3,(H,26,29). The van der Waals surface area contributed by atoms with E-state index < -0.39 is 12.6 Å². The summed E-state index contributed by atoms with van der Waals surface area (Å²) >= 11 is 0. The zero-order chi connectivity index (χ0) is 23.3. The van der Waals surface area contributed by atoms with Gasteiger partial charge < -0.3 is 14.8 Å². The van der Waals surface area contributed by atoms with Crippen molar-refractivity contribution in [2.45, 2.75) is 46.0 Å². The van der Waals surface area contributed by atoms with Crippen molar-refractivity contribution in [2.75, 3.05) is 18.5 Å². The van der Waals surface area contributed by atoms with Gasteiger partial charge in [-0.15, -0.1) is 0 Å². The zero-order valence-electron chi connectivity index (χ0n) is 18.5. The first kappa shape index (κ1) is 24.8. The monoisotopic (exact) mass is 439 g/mol. The molecule has 0 fully saturated rings. The van der Waals surface area contributed by atoms with Crippen LogP contribution in [-0.4, -0.2) is 36.7 Å². The highest BCUT2D eigenvalue weighted by Gasteiger charge is 2.12. The molecule has 32 heavy (non-hydrogen) atoms. The van der Waals surface area contributed by atoms with Crippen molar-refractivity contribution in [2.24, 2.45) is 0 Å². The van der Waals surface area contributed by atoms with E-state index in [0.29, 0.717) is 35.4 Å². The predicted molar refractivity (Wildman–Crippen MR) is 121 cm³/mol. The Labute approximate surface area is 188 Å². The molecule has 0 aromatic heterocycles. The molecule has 1 N–H and O–H groups in total. The lowest BCUT2D eigenvalue weighted by Gasteiger charge is -2.08. The number of esters is 1. The number of benzene rings is 2. The van der Waals surface area contributed by atoms with Crippen LogP contribution in [0, 0.1) is 0 Å². The number of rotatable bonds is 13. The van der Waals surface area contributed by atoms with E-state index in [1.54, 1.807) is 55.5 Å². The normalized spacial score (nSPS) is 10.3. The van der Waals surface area contributed by atoms with Gasteiger partial charge in [0.25, 0.3) is 0 Å². The summed E-state index contributed by atoms with van der Waals surface area (Å²) in [5.41, 5.74) is 1.56. The van der Waals surface area contributed by atoms with Gasteiger partial charge in [-0.05, 0) is 55.0 Å². The van der Waals surface area contributed by atoms with Gasteiger partial charge in [0.05, 0.1) is 0 Å². The van der Waals surface area contributed by atoms with Crippen LogP contribution in [0.5, 0.6) is 5.75 Å². The first-order chi connectivity index (χ1) is 15.4. The average Bonchev–Trinajstić information content (AvgIpc) is 2.81. The van der Waals surface area contributed by atoms with Gasteiger partial charge in [-0.25, -0.2) is 4.79 Å². The molecule has 7 nitrogen and oxygen atoms in total. The van der Waals surface area contributed by atoms with Crippen LogP contribution in [0.15, 0.2) is 48.5 Å². The summed E-state index contributed by atoms with van der Waals surface area (Å²) in [5.74, 6) is -0.646. The van der Waals surface area contributed by atoms with Crippen LogP contribution in [0.1, 0.15) is 66.7 Å². The Morgan fingerprint density at radius 1 is 0.781 bits per heavy atom. The van der Waals surface area contributed by atoms with Gasteiger partial charge in [-0.1, -0.05) is 26.7 Å². The van der Waals surface area contributed by atoms with Crippen molar-refractivity contribution in [3.63, 3.8) is 0 Å². The van der Waals surface area contributed by atoms with E-state index in [-0.39, 0.29) is 24.1 Å². The van der Waals surface area contributed by atoms with E-state index in [0.717, 1.165) is 19.3 Å². The van der Waals surface area contributed by atoms with Gasteiger partial charge >= 0.3 is 5.97 Å². The SMILES string of the molecule is CCCCCC(=O)Nc1ccc(C(=O)COC(=O)COc2ccc(C(=O)CC)cc2)cc1. The fraction of sp³-hybridized carbons (Fsp3) is 0.360. The molecule has 0 aliphatic carbocycles. The van der Waals surface area contributed by atoms with E-state index in [1.165, 1.54) is 0 Å². The number of hydrogen-bond acceptors (Lipinski definition) is 6. The van der Waals surface area contributed by atoms with Crippen molar-refractivity contribution >= 4 is 29.1 Å². The van der Waals surface area contributed by atoms with Crippen molar-refractivity contribution in [1.82, 2.24) is 0 Å². The van der Waals surface area contributed by atoms with Crippen LogP contribution in [-0.2, 0) is 14.3 Å². The lowest BCUT2D eigenvalue weighted by Crippen LogP contribution is -2.19. The minimum absolute atomic E-state index is 0.0249. The molecule has 170 valence electrons. The molecule has 0 saturated carbocycles. The highest BCUT2D eigenvalue weighted by Crippen LogP contribution is 2.14. The van der Waals surface area contributed by atoms with Crippen molar-refractivity contribution in [1.29, 1.82) is 0 Å². The quantitative estimate of drug-likeness (QED) is 0.278. The zero-order valence-corrected chi connectivity index (χ0v) is 18.5. The molecule has 0 bridgehead atoms. The average molecular weight is 440 g/mol. The van der Waals surface area contributed by atoms with Crippen LogP contribution >= 0.6 is 0 Å². The summed E-state index contributed by atoms with van der Waals surface area (Å²) in [4.78, 5) is 47.5. The maximum absolute atomic E-state index is 12.2. The van der Waals surface area contributed by atoms with Crippen molar-refractivity contribution < 1.29 is 28.7 Å². The molecule has 2 aromatic rings. The Hall–Kier alpha value is -3.48. The summed E-state index contributed by atoms with van der Waals surface area (Å²) in [5, 5.41) is 2.79. The second-order valence-electron chi connectivity index (χ2n) is 7.26. The second kappa shape index (κ2) is 13.0. The van der Waals surface area contributed by atoms with Gasteiger partial charge in [0.1, 0.15) is 5.75 Å². The Bertz CT molecular complexity index is 918. The molecule has 0 saturated heterocycles. The van der Waals surface area contributed by atoms with Gasteiger partial charge in [0, 0.05) is 29.7 Å². The molecular formula is C25H29NO6. The molecule has 2 aromatic carbocycles. The number of nitrogens with one attached hydrogen (secondary N) is 1. The number of Topliss-reactive ketones (excluding diaryl/α,β-unsaturated/α-hetero) is 2. The van der Waals surface area contributed by atoms with Crippen LogP contribution in [0.4, 0.5) is 5.69 Å². The number of amides is 1. The lowest BCUT2D eigenvalue weighted by atomic mass is 10.1. The minimum Gasteiger partial charge on any atom is -0.482 e. The molecule has 0 spiro atoms. The third-order valence-electron chi connectivity index (χ3n) is 4.72. The van der Waals surface area contributed by atoms with Crippen molar-refractivity contribution in [3.8, 4) is 5.75 Å². The van der Waals surface area contributed by atoms with Crippen LogP contribution in [0.2, 0.25) is 0 Å². The maximum Gasteiger partial charge on any atom is 0.344 e. The minimum atomic E-state index is -0.678. The van der Waals surface area contributed by atoms with Crippen LogP contribution in [0.25, 0.3) is 0 Å². The molecule has 0 atom stereocenters. The number of unbranched alkanes of at least 4 members (excludes halogenated alkanes) is 2. The molecule has 0 aliphatic rings. The molecule has 7 heteroatoms. The highest BCUT2D eigenvalue weighted by atomic mass is 16.6. The maximum atomic E-state index is 12.2. The molecule has 0 unspecified atom stereocenters. The third kappa shape index (κ3) is 8.34. The third-order valence-corrected chi connectivity index (χ3v) is 4.72. The van der Waals surface area contributed by atoms with E-state index in [1.807, 2.05) is 0 Å². The summed E-state index contributed by atoms with van der Waals surface area (Å²) in [6.07, 6.45) is 3.79. The van der Waals surface area contributed by atoms with Crippen molar-refractivity contribution in [3.05, 3.63) is 59.7 Å². The molecular weight excluding hydrogens is 410 g/mol. The smallest absolute Gasteiger partial charge is 0.344 e. The number of ketones is 2. The Morgan fingerprint density at radius 3 is 2.03 bits per heavy atom. The summed E-state index contributed by atoms with van der Waals surface area (Å²) in [7, 11) is 0. The molecule has 2 rings (SSSR count). The fourth-order valence-corrected chi connectivity index (χ4v) is 2.85. The predicted octanol–water partition coefficient (Wildman–Crippen LogP) is 4.60. The number of carbonyl (C=O) groups excluding carboxylic acids is 4. The van der Waals surface area contributed by atoms with Gasteiger partial charge in [0.15, 0.2) is 24.8 Å². The summed E-state index contributed by atoms with van der Waals surface area (Å²) < 4.78 is 10.3. The van der Waals surface area contributed by atoms with Gasteiger partial charge in [-0.3, -0.25) is 14.4 Å². The Balaban J connectivity index is 1.74.